The number of hydrogen-bond donors (Lipinski definition) is 0. The third-order valence-corrected chi connectivity index (χ3v) is 5.25. The molecule has 1 aromatic carbocycles. The molecular weight excluding hydrogens is 340 g/mol. The summed E-state index contributed by atoms with van der Waals surface area (Å²) < 4.78 is 30.9. The van der Waals surface area contributed by atoms with E-state index >= 15 is 0 Å². The van der Waals surface area contributed by atoms with E-state index in [9.17, 15) is 13.2 Å². The Morgan fingerprint density at radius 2 is 1.80 bits per heavy atom. The van der Waals surface area contributed by atoms with Crippen LogP contribution in [0.5, 0.6) is 0 Å². The monoisotopic (exact) mass is 360 g/mol. The number of ether oxygens (including phenoxy) is 1. The first-order chi connectivity index (χ1) is 11.6. The molecule has 132 valence electrons. The second-order valence-electron chi connectivity index (χ2n) is 6.50. The quantitative estimate of drug-likeness (QED) is 0.837. The first kappa shape index (κ1) is 17.4. The van der Waals surface area contributed by atoms with Crippen molar-refractivity contribution in [2.45, 2.75) is 37.8 Å². The van der Waals surface area contributed by atoms with Crippen molar-refractivity contribution in [2.24, 2.45) is 0 Å². The second-order valence-corrected chi connectivity index (χ2v) is 8.51. The van der Waals surface area contributed by atoms with Crippen LogP contribution in [-0.4, -0.2) is 35.8 Å². The predicted octanol–water partition coefficient (Wildman–Crippen LogP) is 2.55. The van der Waals surface area contributed by atoms with Gasteiger partial charge in [-0.2, -0.15) is 5.10 Å². The van der Waals surface area contributed by atoms with E-state index in [0.29, 0.717) is 29.1 Å². The zero-order chi connectivity index (χ0) is 18.4. The molecule has 3 rings (SSSR count). The highest BCUT2D eigenvalue weighted by atomic mass is 32.2. The van der Waals surface area contributed by atoms with Crippen molar-refractivity contribution in [1.82, 2.24) is 9.78 Å². The first-order valence-electron chi connectivity index (χ1n) is 7.96. The Morgan fingerprint density at radius 1 is 1.16 bits per heavy atom. The maximum absolute atomic E-state index is 12.8. The number of rotatable bonds is 4. The average Bonchev–Trinajstić information content (AvgIpc) is 3.10. The van der Waals surface area contributed by atoms with Crippen LogP contribution < -0.4 is 0 Å². The maximum atomic E-state index is 12.8. The van der Waals surface area contributed by atoms with Gasteiger partial charge in [-0.1, -0.05) is 0 Å². The molecule has 0 N–H and O–H groups in total. The van der Waals surface area contributed by atoms with Gasteiger partial charge in [0.25, 0.3) is 0 Å². The minimum Gasteiger partial charge on any atom is -0.478 e. The number of sulfone groups is 1. The van der Waals surface area contributed by atoms with Gasteiger partial charge in [-0.15, -0.1) is 0 Å². The molecule has 2 aromatic rings. The Bertz CT molecular complexity index is 967. The molecule has 1 aliphatic heterocycles. The molecule has 0 radical (unpaired) electrons. The van der Waals surface area contributed by atoms with Gasteiger partial charge < -0.3 is 4.74 Å². The third kappa shape index (κ3) is 3.11. The van der Waals surface area contributed by atoms with Crippen LogP contribution in [0, 0.1) is 0 Å². The fourth-order valence-corrected chi connectivity index (χ4v) is 3.35. The summed E-state index contributed by atoms with van der Waals surface area (Å²) in [6.45, 7) is 6.09. The highest BCUT2D eigenvalue weighted by molar-refractivity contribution is 7.90. The molecule has 6 nitrogen and oxygen atoms in total. The summed E-state index contributed by atoms with van der Waals surface area (Å²) in [5, 5.41) is 4.42. The molecule has 0 saturated heterocycles. The van der Waals surface area contributed by atoms with Gasteiger partial charge >= 0.3 is 0 Å². The summed E-state index contributed by atoms with van der Waals surface area (Å²) in [4.78, 5) is 13.0. The first-order valence-corrected chi connectivity index (χ1v) is 9.85. The molecule has 1 aromatic heterocycles. The molecule has 0 unspecified atom stereocenters. The molecule has 0 amide bonds. The second kappa shape index (κ2) is 5.84. The summed E-state index contributed by atoms with van der Waals surface area (Å²) in [6, 6.07) is 8.11. The van der Waals surface area contributed by atoms with E-state index in [1.54, 1.807) is 36.7 Å². The largest absolute Gasteiger partial charge is 0.478 e. The lowest BCUT2D eigenvalue weighted by Crippen LogP contribution is -2.29. The van der Waals surface area contributed by atoms with Crippen LogP contribution in [0.1, 0.15) is 32.0 Å². The van der Waals surface area contributed by atoms with Gasteiger partial charge in [0.2, 0.25) is 5.78 Å². The van der Waals surface area contributed by atoms with E-state index < -0.39 is 15.4 Å². The molecule has 1 aliphatic rings. The van der Waals surface area contributed by atoms with Crippen LogP contribution in [0.2, 0.25) is 0 Å². The molecule has 0 saturated carbocycles. The number of aryl methyl sites for hydroxylation is 1. The van der Waals surface area contributed by atoms with Crippen molar-refractivity contribution in [3.05, 3.63) is 47.8 Å². The molecular formula is C18H20N2O4S. The van der Waals surface area contributed by atoms with Gasteiger partial charge in [0.1, 0.15) is 5.76 Å². The molecule has 25 heavy (non-hydrogen) atoms. The molecule has 0 fully saturated rings. The van der Waals surface area contributed by atoms with E-state index in [2.05, 4.69) is 5.10 Å². The fraction of sp³-hybridized carbons (Fsp3) is 0.333. The normalized spacial score (nSPS) is 17.0. The van der Waals surface area contributed by atoms with Gasteiger partial charge in [-0.05, 0) is 51.1 Å². The van der Waals surface area contributed by atoms with E-state index in [0.717, 1.165) is 6.26 Å². The van der Waals surface area contributed by atoms with E-state index in [1.165, 1.54) is 12.1 Å². The summed E-state index contributed by atoms with van der Waals surface area (Å²) >= 11 is 0. The van der Waals surface area contributed by atoms with Gasteiger partial charge in [-0.3, -0.25) is 9.48 Å². The van der Waals surface area contributed by atoms with Crippen LogP contribution in [0.3, 0.4) is 0 Å². The highest BCUT2D eigenvalue weighted by Gasteiger charge is 2.43. The highest BCUT2D eigenvalue weighted by Crippen LogP contribution is 2.40. The van der Waals surface area contributed by atoms with Crippen LogP contribution >= 0.6 is 0 Å². The maximum Gasteiger partial charge on any atom is 0.211 e. The SMILES string of the molecule is CCn1ccc(C2=C(c3ccc(S(C)(=O)=O)cc3)OC(C)(C)C2=O)n1. The number of Topliss-reactive ketones (excluding diaryl/α,β-unsaturated/α-hetero) is 1. The van der Waals surface area contributed by atoms with Crippen LogP contribution in [-0.2, 0) is 25.9 Å². The number of benzene rings is 1. The summed E-state index contributed by atoms with van der Waals surface area (Å²) in [7, 11) is -3.28. The Morgan fingerprint density at radius 3 is 2.32 bits per heavy atom. The van der Waals surface area contributed by atoms with Crippen molar-refractivity contribution in [3.8, 4) is 0 Å². The number of ketones is 1. The number of hydrogen-bond acceptors (Lipinski definition) is 5. The minimum atomic E-state index is -3.28. The molecule has 0 atom stereocenters. The van der Waals surface area contributed by atoms with Gasteiger partial charge in [0.05, 0.1) is 16.2 Å². The van der Waals surface area contributed by atoms with Crippen molar-refractivity contribution < 1.29 is 17.9 Å². The Labute approximate surface area is 147 Å². The van der Waals surface area contributed by atoms with E-state index in [1.807, 2.05) is 13.1 Å². The summed E-state index contributed by atoms with van der Waals surface area (Å²) in [6.07, 6.45) is 2.97. The summed E-state index contributed by atoms with van der Waals surface area (Å²) in [5.74, 6) is 0.285. The molecule has 7 heteroatoms. The lowest BCUT2D eigenvalue weighted by Gasteiger charge is -2.17. The van der Waals surface area contributed by atoms with Crippen molar-refractivity contribution in [2.75, 3.05) is 6.26 Å². The van der Waals surface area contributed by atoms with Crippen molar-refractivity contribution in [1.29, 1.82) is 0 Å². The summed E-state index contributed by atoms with van der Waals surface area (Å²) in [5.41, 5.74) is 0.632. The topological polar surface area (TPSA) is 78.3 Å². The Balaban J connectivity index is 2.13. The Kier molecular flexibility index (Phi) is 4.07. The van der Waals surface area contributed by atoms with Crippen LogP contribution in [0.25, 0.3) is 11.3 Å². The number of carbonyl (C=O) groups is 1. The lowest BCUT2D eigenvalue weighted by atomic mass is 9.96. The number of carbonyl (C=O) groups excluding carboxylic acids is 1. The molecule has 0 bridgehead atoms. The van der Waals surface area contributed by atoms with Crippen LogP contribution in [0.4, 0.5) is 0 Å². The smallest absolute Gasteiger partial charge is 0.211 e. The standard InChI is InChI=1S/C18H20N2O4S/c1-5-20-11-10-14(19-20)15-16(24-18(2,3)17(15)21)12-6-8-13(9-7-12)25(4,22)23/h6-11H,5H2,1-4H3. The minimum absolute atomic E-state index is 0.143. The predicted molar refractivity (Wildman–Crippen MR) is 94.4 cm³/mol. The number of nitrogens with zero attached hydrogens (tertiary/aromatic N) is 2. The van der Waals surface area contributed by atoms with Gasteiger partial charge in [0.15, 0.2) is 15.4 Å². The molecule has 2 heterocycles. The van der Waals surface area contributed by atoms with Crippen molar-refractivity contribution >= 4 is 27.0 Å². The third-order valence-electron chi connectivity index (χ3n) is 4.12. The van der Waals surface area contributed by atoms with Gasteiger partial charge in [0, 0.05) is 24.6 Å². The van der Waals surface area contributed by atoms with E-state index in [4.69, 9.17) is 4.74 Å². The van der Waals surface area contributed by atoms with Crippen LogP contribution in [0.15, 0.2) is 41.4 Å². The van der Waals surface area contributed by atoms with Gasteiger partial charge in [-0.25, -0.2) is 8.42 Å². The Hall–Kier alpha value is -2.41. The zero-order valence-electron chi connectivity index (χ0n) is 14.6. The zero-order valence-corrected chi connectivity index (χ0v) is 15.4. The molecule has 0 spiro atoms. The molecule has 0 aliphatic carbocycles. The van der Waals surface area contributed by atoms with E-state index in [-0.39, 0.29) is 10.7 Å². The lowest BCUT2D eigenvalue weighted by molar-refractivity contribution is -0.125. The van der Waals surface area contributed by atoms with Crippen molar-refractivity contribution in [3.63, 3.8) is 0 Å². The number of aromatic nitrogens is 2. The fourth-order valence-electron chi connectivity index (χ4n) is 2.72. The average molecular weight is 360 g/mol.